The van der Waals surface area contributed by atoms with Gasteiger partial charge in [0.15, 0.2) is 0 Å². The van der Waals surface area contributed by atoms with Crippen molar-refractivity contribution in [1.82, 2.24) is 0 Å². The van der Waals surface area contributed by atoms with Crippen molar-refractivity contribution in [3.63, 3.8) is 0 Å². The minimum absolute atomic E-state index is 0.286. The van der Waals surface area contributed by atoms with Gasteiger partial charge in [0.2, 0.25) is 0 Å². The summed E-state index contributed by atoms with van der Waals surface area (Å²) in [6.45, 7) is 13.0. The summed E-state index contributed by atoms with van der Waals surface area (Å²) in [4.78, 5) is 20.6. The molecule has 0 bridgehead atoms. The molecule has 0 amide bonds. The van der Waals surface area contributed by atoms with Crippen molar-refractivity contribution in [2.75, 3.05) is 13.7 Å². The Morgan fingerprint density at radius 2 is 1.88 bits per heavy atom. The number of rotatable bonds is 5. The van der Waals surface area contributed by atoms with Gasteiger partial charge in [0.25, 0.3) is 0 Å². The summed E-state index contributed by atoms with van der Waals surface area (Å²) in [6.07, 6.45) is 2.03. The van der Waals surface area contributed by atoms with Gasteiger partial charge in [0.1, 0.15) is 0 Å². The van der Waals surface area contributed by atoms with Crippen LogP contribution in [0.15, 0.2) is 24.8 Å². The van der Waals surface area contributed by atoms with Crippen molar-refractivity contribution in [3.8, 4) is 0 Å². The van der Waals surface area contributed by atoms with Gasteiger partial charge < -0.3 is 9.47 Å². The van der Waals surface area contributed by atoms with E-state index in [4.69, 9.17) is 4.74 Å². The van der Waals surface area contributed by atoms with Gasteiger partial charge in [-0.05, 0) is 19.3 Å². The third-order valence-electron chi connectivity index (χ3n) is 1.64. The van der Waals surface area contributed by atoms with E-state index >= 15 is 0 Å². The molecule has 0 saturated heterocycles. The highest BCUT2D eigenvalue weighted by molar-refractivity contribution is 5.86. The molecule has 0 aromatic carbocycles. The first-order valence-electron chi connectivity index (χ1n) is 5.38. The quantitative estimate of drug-likeness (QED) is 0.549. The fraction of sp³-hybridized carbons (Fsp3) is 0.538. The van der Waals surface area contributed by atoms with E-state index in [1.165, 1.54) is 7.11 Å². The van der Waals surface area contributed by atoms with Gasteiger partial charge >= 0.3 is 11.9 Å². The maximum Gasteiger partial charge on any atom is 0.333 e. The molecule has 0 heterocycles. The Hall–Kier alpha value is -1.58. The third-order valence-corrected chi connectivity index (χ3v) is 1.64. The lowest BCUT2D eigenvalue weighted by atomic mass is 10.1. The third kappa shape index (κ3) is 14.4. The normalized spacial score (nSPS) is 8.76. The fourth-order valence-corrected chi connectivity index (χ4v) is 0.594. The highest BCUT2D eigenvalue weighted by Crippen LogP contribution is 2.00. The maximum absolute atomic E-state index is 10.8. The minimum Gasteiger partial charge on any atom is -0.466 e. The smallest absolute Gasteiger partial charge is 0.333 e. The number of hydrogen-bond acceptors (Lipinski definition) is 4. The van der Waals surface area contributed by atoms with Crippen LogP contribution in [-0.2, 0) is 19.1 Å². The molecule has 0 atom stereocenters. The van der Waals surface area contributed by atoms with E-state index in [0.717, 1.165) is 12.5 Å². The SMILES string of the molecule is C=C(C)C(=O)OCCC(C)C.C=CC(=O)OC. The molecule has 0 saturated carbocycles. The van der Waals surface area contributed by atoms with Gasteiger partial charge in [0.05, 0.1) is 13.7 Å². The molecule has 0 aliphatic heterocycles. The van der Waals surface area contributed by atoms with Gasteiger partial charge in [-0.1, -0.05) is 27.0 Å². The van der Waals surface area contributed by atoms with E-state index in [-0.39, 0.29) is 5.97 Å². The molecule has 4 nitrogen and oxygen atoms in total. The van der Waals surface area contributed by atoms with E-state index < -0.39 is 5.97 Å². The van der Waals surface area contributed by atoms with E-state index in [9.17, 15) is 9.59 Å². The predicted octanol–water partition coefficient (Wildman–Crippen LogP) is 2.50. The molecular formula is C13H22O4. The number of carbonyl (C=O) groups excluding carboxylic acids is 2. The van der Waals surface area contributed by atoms with Crippen molar-refractivity contribution in [2.45, 2.75) is 27.2 Å². The molecule has 0 N–H and O–H groups in total. The first kappa shape index (κ1) is 17.8. The van der Waals surface area contributed by atoms with Crippen LogP contribution >= 0.6 is 0 Å². The van der Waals surface area contributed by atoms with Gasteiger partial charge in [-0.2, -0.15) is 0 Å². The van der Waals surface area contributed by atoms with Crippen molar-refractivity contribution < 1.29 is 19.1 Å². The van der Waals surface area contributed by atoms with Crippen molar-refractivity contribution >= 4 is 11.9 Å². The largest absolute Gasteiger partial charge is 0.466 e. The highest BCUT2D eigenvalue weighted by atomic mass is 16.5. The van der Waals surface area contributed by atoms with Gasteiger partial charge in [-0.3, -0.25) is 0 Å². The lowest BCUT2D eigenvalue weighted by Gasteiger charge is -2.05. The average molecular weight is 242 g/mol. The second-order valence-electron chi connectivity index (χ2n) is 3.83. The second-order valence-corrected chi connectivity index (χ2v) is 3.83. The molecule has 98 valence electrons. The van der Waals surface area contributed by atoms with Crippen molar-refractivity contribution in [1.29, 1.82) is 0 Å². The Bertz CT molecular complexity index is 267. The van der Waals surface area contributed by atoms with Crippen LogP contribution in [-0.4, -0.2) is 25.7 Å². The van der Waals surface area contributed by atoms with E-state index in [0.29, 0.717) is 18.1 Å². The van der Waals surface area contributed by atoms with Gasteiger partial charge in [0, 0.05) is 11.6 Å². The summed E-state index contributed by atoms with van der Waals surface area (Å²) in [5.41, 5.74) is 0.466. The monoisotopic (exact) mass is 242 g/mol. The number of hydrogen-bond donors (Lipinski definition) is 0. The molecule has 17 heavy (non-hydrogen) atoms. The summed E-state index contributed by atoms with van der Waals surface area (Å²) >= 11 is 0. The molecule has 0 fully saturated rings. The standard InChI is InChI=1S/C9H16O2.C4H6O2/c1-7(2)5-6-11-9(10)8(3)4;1-3-4(5)6-2/h7H,3,5-6H2,1-2,4H3;3H,1H2,2H3. The Morgan fingerprint density at radius 1 is 1.35 bits per heavy atom. The molecule has 0 spiro atoms. The first-order chi connectivity index (χ1) is 7.84. The Morgan fingerprint density at radius 3 is 2.12 bits per heavy atom. The van der Waals surface area contributed by atoms with Crippen LogP contribution in [0.1, 0.15) is 27.2 Å². The Labute approximate surface area is 103 Å². The topological polar surface area (TPSA) is 52.6 Å². The Kier molecular flexibility index (Phi) is 11.4. The Balaban J connectivity index is 0. The zero-order valence-electron chi connectivity index (χ0n) is 11.1. The van der Waals surface area contributed by atoms with Crippen molar-refractivity contribution in [2.24, 2.45) is 5.92 Å². The van der Waals surface area contributed by atoms with Crippen LogP contribution in [0.2, 0.25) is 0 Å². The molecule has 0 aromatic heterocycles. The van der Waals surface area contributed by atoms with Gasteiger partial charge in [-0.25, -0.2) is 9.59 Å². The zero-order chi connectivity index (χ0) is 13.8. The lowest BCUT2D eigenvalue weighted by molar-refractivity contribution is -0.139. The average Bonchev–Trinajstić information content (AvgIpc) is 2.28. The van der Waals surface area contributed by atoms with E-state index in [1.807, 2.05) is 0 Å². The van der Waals surface area contributed by atoms with Crippen LogP contribution in [0.3, 0.4) is 0 Å². The summed E-state index contributed by atoms with van der Waals surface area (Å²) in [5, 5.41) is 0. The zero-order valence-corrected chi connectivity index (χ0v) is 11.1. The van der Waals surface area contributed by atoms with E-state index in [1.54, 1.807) is 6.92 Å². The number of esters is 2. The highest BCUT2D eigenvalue weighted by Gasteiger charge is 2.02. The van der Waals surface area contributed by atoms with Crippen LogP contribution in [0.25, 0.3) is 0 Å². The molecule has 0 aliphatic carbocycles. The summed E-state index contributed by atoms with van der Waals surface area (Å²) in [7, 11) is 1.31. The van der Waals surface area contributed by atoms with E-state index in [2.05, 4.69) is 31.7 Å². The second kappa shape index (κ2) is 10.9. The summed E-state index contributed by atoms with van der Waals surface area (Å²) in [5.74, 6) is -0.103. The van der Waals surface area contributed by atoms with Crippen molar-refractivity contribution in [3.05, 3.63) is 24.8 Å². The molecule has 4 heteroatoms. The molecule has 0 unspecified atom stereocenters. The summed E-state index contributed by atoms with van der Waals surface area (Å²) in [6, 6.07) is 0. The van der Waals surface area contributed by atoms with Crippen LogP contribution in [0.4, 0.5) is 0 Å². The molecule has 0 rings (SSSR count). The van der Waals surface area contributed by atoms with Gasteiger partial charge in [-0.15, -0.1) is 0 Å². The molecular weight excluding hydrogens is 220 g/mol. The first-order valence-corrected chi connectivity index (χ1v) is 5.38. The minimum atomic E-state index is -0.394. The molecule has 0 aromatic rings. The lowest BCUT2D eigenvalue weighted by Crippen LogP contribution is -2.07. The van der Waals surface area contributed by atoms with Crippen LogP contribution < -0.4 is 0 Å². The van der Waals surface area contributed by atoms with Crippen LogP contribution in [0.5, 0.6) is 0 Å². The fourth-order valence-electron chi connectivity index (χ4n) is 0.594. The molecule has 0 radical (unpaired) electrons. The summed E-state index contributed by atoms with van der Waals surface area (Å²) < 4.78 is 9.02. The number of ether oxygens (including phenoxy) is 2. The van der Waals surface area contributed by atoms with Crippen LogP contribution in [0, 0.1) is 5.92 Å². The number of methoxy groups -OCH3 is 1. The maximum atomic E-state index is 10.8. The molecule has 0 aliphatic rings. The number of carbonyl (C=O) groups is 2. The predicted molar refractivity (Wildman–Crippen MR) is 67.4 cm³/mol.